The van der Waals surface area contributed by atoms with E-state index in [1.165, 1.54) is 0 Å². The first kappa shape index (κ1) is 17.8. The molecule has 0 saturated heterocycles. The molecular formula is C16H27N3OS. The van der Waals surface area contributed by atoms with Gasteiger partial charge in [0.1, 0.15) is 0 Å². The summed E-state index contributed by atoms with van der Waals surface area (Å²) in [5.74, 6) is -0.0312. The van der Waals surface area contributed by atoms with E-state index in [1.54, 1.807) is 18.5 Å². The molecule has 1 heterocycles. The number of aromatic nitrogens is 1. The Morgan fingerprint density at radius 2 is 2.05 bits per heavy atom. The Hall–Kier alpha value is -1.23. The third-order valence-electron chi connectivity index (χ3n) is 3.92. The summed E-state index contributed by atoms with van der Waals surface area (Å²) >= 11 is 1.83. The molecule has 0 unspecified atom stereocenters. The molecule has 2 N–H and O–H groups in total. The first-order valence-corrected chi connectivity index (χ1v) is 8.86. The highest BCUT2D eigenvalue weighted by molar-refractivity contribution is 8.00. The number of anilines is 1. The van der Waals surface area contributed by atoms with Crippen molar-refractivity contribution in [3.05, 3.63) is 24.0 Å². The van der Waals surface area contributed by atoms with Gasteiger partial charge in [-0.15, -0.1) is 0 Å². The summed E-state index contributed by atoms with van der Waals surface area (Å²) in [6, 6.07) is 1.77. The summed E-state index contributed by atoms with van der Waals surface area (Å²) in [7, 11) is 0. The molecule has 0 aromatic carbocycles. The first-order valence-electron chi connectivity index (χ1n) is 7.63. The van der Waals surface area contributed by atoms with Crippen LogP contribution in [0.25, 0.3) is 0 Å². The number of carbonyl (C=O) groups excluding carboxylic acids is 1. The standard InChI is InChI=1S/C16H27N3OS/c1-5-9-18-14-11-17-10-8-13(14)15(20)19-12-16(6-2,7-3)21-4/h8,10-11,18H,5-7,9,12H2,1-4H3,(H,19,20). The van der Waals surface area contributed by atoms with Crippen molar-refractivity contribution in [3.8, 4) is 0 Å². The van der Waals surface area contributed by atoms with Gasteiger partial charge in [0.05, 0.1) is 17.4 Å². The number of pyridine rings is 1. The Morgan fingerprint density at radius 1 is 1.33 bits per heavy atom. The molecule has 0 spiro atoms. The summed E-state index contributed by atoms with van der Waals surface area (Å²) in [6.07, 6.45) is 8.58. The number of hydrogen-bond donors (Lipinski definition) is 2. The SMILES string of the molecule is CCCNc1cnccc1C(=O)NCC(CC)(CC)SC. The van der Waals surface area contributed by atoms with Gasteiger partial charge in [-0.1, -0.05) is 20.8 Å². The van der Waals surface area contributed by atoms with Crippen LogP contribution in [0.4, 0.5) is 5.69 Å². The van der Waals surface area contributed by atoms with Gasteiger partial charge in [-0.05, 0) is 31.6 Å². The zero-order chi connectivity index (χ0) is 15.7. The Kier molecular flexibility index (Phi) is 7.57. The first-order chi connectivity index (χ1) is 10.1. The molecule has 1 aromatic heterocycles. The highest BCUT2D eigenvalue weighted by Gasteiger charge is 2.26. The van der Waals surface area contributed by atoms with E-state index < -0.39 is 0 Å². The van der Waals surface area contributed by atoms with E-state index in [0.717, 1.165) is 31.5 Å². The number of carbonyl (C=O) groups is 1. The molecule has 1 rings (SSSR count). The summed E-state index contributed by atoms with van der Waals surface area (Å²) in [4.78, 5) is 16.5. The average molecular weight is 309 g/mol. The molecule has 1 amide bonds. The van der Waals surface area contributed by atoms with E-state index in [4.69, 9.17) is 0 Å². The summed E-state index contributed by atoms with van der Waals surface area (Å²) in [5.41, 5.74) is 1.47. The molecule has 0 radical (unpaired) electrons. The lowest BCUT2D eigenvalue weighted by molar-refractivity contribution is 0.0949. The van der Waals surface area contributed by atoms with Gasteiger partial charge >= 0.3 is 0 Å². The average Bonchev–Trinajstić information content (AvgIpc) is 2.54. The second-order valence-electron chi connectivity index (χ2n) is 5.12. The lowest BCUT2D eigenvalue weighted by Gasteiger charge is -2.29. The highest BCUT2D eigenvalue weighted by Crippen LogP contribution is 2.29. The molecular weight excluding hydrogens is 282 g/mol. The van der Waals surface area contributed by atoms with Crippen LogP contribution in [0.1, 0.15) is 50.4 Å². The van der Waals surface area contributed by atoms with Gasteiger partial charge in [-0.2, -0.15) is 11.8 Å². The Bertz CT molecular complexity index is 439. The highest BCUT2D eigenvalue weighted by atomic mass is 32.2. The maximum atomic E-state index is 12.4. The Morgan fingerprint density at radius 3 is 2.62 bits per heavy atom. The number of amides is 1. The van der Waals surface area contributed by atoms with Gasteiger partial charge in [0.2, 0.25) is 0 Å². The quantitative estimate of drug-likeness (QED) is 0.732. The van der Waals surface area contributed by atoms with E-state index in [-0.39, 0.29) is 10.7 Å². The van der Waals surface area contributed by atoms with E-state index >= 15 is 0 Å². The van der Waals surface area contributed by atoms with Crippen molar-refractivity contribution in [2.75, 3.05) is 24.7 Å². The number of nitrogens with zero attached hydrogens (tertiary/aromatic N) is 1. The van der Waals surface area contributed by atoms with Gasteiger partial charge in [0.25, 0.3) is 5.91 Å². The normalized spacial score (nSPS) is 11.2. The third-order valence-corrected chi connectivity index (χ3v) is 5.51. The van der Waals surface area contributed by atoms with Crippen LogP contribution in [0, 0.1) is 0 Å². The molecule has 1 aromatic rings. The van der Waals surface area contributed by atoms with Crippen molar-refractivity contribution >= 4 is 23.4 Å². The van der Waals surface area contributed by atoms with Crippen molar-refractivity contribution in [3.63, 3.8) is 0 Å². The molecule has 0 atom stereocenters. The molecule has 5 heteroatoms. The van der Waals surface area contributed by atoms with Crippen LogP contribution >= 0.6 is 11.8 Å². The molecule has 0 fully saturated rings. The Balaban J connectivity index is 2.75. The topological polar surface area (TPSA) is 54.0 Å². The van der Waals surface area contributed by atoms with Gasteiger partial charge in [-0.25, -0.2) is 0 Å². The van der Waals surface area contributed by atoms with E-state index in [1.807, 2.05) is 11.8 Å². The summed E-state index contributed by atoms with van der Waals surface area (Å²) < 4.78 is 0.125. The molecule has 4 nitrogen and oxygen atoms in total. The van der Waals surface area contributed by atoms with E-state index in [9.17, 15) is 4.79 Å². The molecule has 0 aliphatic carbocycles. The lowest BCUT2D eigenvalue weighted by atomic mass is 10.0. The molecule has 118 valence electrons. The minimum atomic E-state index is -0.0312. The minimum absolute atomic E-state index is 0.0312. The molecule has 0 bridgehead atoms. The third kappa shape index (κ3) is 4.92. The Labute approximate surface area is 132 Å². The van der Waals surface area contributed by atoms with Crippen LogP contribution in [0.5, 0.6) is 0 Å². The lowest BCUT2D eigenvalue weighted by Crippen LogP contribution is -2.39. The summed E-state index contributed by atoms with van der Waals surface area (Å²) in [6.45, 7) is 7.97. The zero-order valence-electron chi connectivity index (χ0n) is 13.5. The molecule has 0 aliphatic heterocycles. The summed E-state index contributed by atoms with van der Waals surface area (Å²) in [5, 5.41) is 6.34. The maximum Gasteiger partial charge on any atom is 0.253 e. The van der Waals surface area contributed by atoms with Gasteiger partial charge < -0.3 is 10.6 Å². The van der Waals surface area contributed by atoms with Crippen LogP contribution in [0.15, 0.2) is 18.5 Å². The van der Waals surface area contributed by atoms with Gasteiger partial charge in [0, 0.05) is 24.0 Å². The monoisotopic (exact) mass is 309 g/mol. The number of hydrogen-bond acceptors (Lipinski definition) is 4. The zero-order valence-corrected chi connectivity index (χ0v) is 14.3. The van der Waals surface area contributed by atoms with Gasteiger partial charge in [-0.3, -0.25) is 9.78 Å². The van der Waals surface area contributed by atoms with E-state index in [2.05, 4.69) is 42.6 Å². The number of thioether (sulfide) groups is 1. The van der Waals surface area contributed by atoms with Crippen molar-refractivity contribution in [1.82, 2.24) is 10.3 Å². The van der Waals surface area contributed by atoms with Gasteiger partial charge in [0.15, 0.2) is 0 Å². The predicted octanol–water partition coefficient (Wildman–Crippen LogP) is 3.56. The van der Waals surface area contributed by atoms with E-state index in [0.29, 0.717) is 12.1 Å². The smallest absolute Gasteiger partial charge is 0.253 e. The predicted molar refractivity (Wildman–Crippen MR) is 92.2 cm³/mol. The van der Waals surface area contributed by atoms with Crippen LogP contribution in [-0.4, -0.2) is 35.0 Å². The fraction of sp³-hybridized carbons (Fsp3) is 0.625. The van der Waals surface area contributed by atoms with Crippen molar-refractivity contribution in [1.29, 1.82) is 0 Å². The number of rotatable bonds is 9. The molecule has 0 aliphatic rings. The molecule has 0 saturated carbocycles. The van der Waals surface area contributed by atoms with Crippen LogP contribution in [-0.2, 0) is 0 Å². The number of nitrogens with one attached hydrogen (secondary N) is 2. The largest absolute Gasteiger partial charge is 0.383 e. The van der Waals surface area contributed by atoms with Crippen molar-refractivity contribution in [2.45, 2.75) is 44.8 Å². The van der Waals surface area contributed by atoms with Crippen molar-refractivity contribution < 1.29 is 4.79 Å². The fourth-order valence-corrected chi connectivity index (χ4v) is 2.98. The van der Waals surface area contributed by atoms with Crippen molar-refractivity contribution in [2.24, 2.45) is 0 Å². The molecule has 21 heavy (non-hydrogen) atoms. The van der Waals surface area contributed by atoms with Crippen LogP contribution in [0.2, 0.25) is 0 Å². The second-order valence-corrected chi connectivity index (χ2v) is 6.40. The maximum absolute atomic E-state index is 12.4. The fourth-order valence-electron chi connectivity index (χ4n) is 2.19. The van der Waals surface area contributed by atoms with Crippen LogP contribution < -0.4 is 10.6 Å². The minimum Gasteiger partial charge on any atom is -0.383 e. The second kappa shape index (κ2) is 8.93. The van der Waals surface area contributed by atoms with Crippen LogP contribution in [0.3, 0.4) is 0 Å².